The first kappa shape index (κ1) is 12.0. The number of hydrogen-bond donors (Lipinski definition) is 1. The zero-order chi connectivity index (χ0) is 11.8. The van der Waals surface area contributed by atoms with Gasteiger partial charge in [0.25, 0.3) is 0 Å². The second kappa shape index (κ2) is 4.89. The van der Waals surface area contributed by atoms with Gasteiger partial charge in [-0.05, 0) is 51.5 Å². The Morgan fingerprint density at radius 1 is 0.882 bits per heavy atom. The highest BCUT2D eigenvalue weighted by atomic mass is 15.2. The summed E-state index contributed by atoms with van der Waals surface area (Å²) in [5, 5.41) is 3.98. The fourth-order valence-electron chi connectivity index (χ4n) is 4.47. The molecule has 0 aromatic carbocycles. The highest BCUT2D eigenvalue weighted by Crippen LogP contribution is 2.35. The average molecular weight is 236 g/mol. The molecule has 0 amide bonds. The van der Waals surface area contributed by atoms with E-state index >= 15 is 0 Å². The standard InChI is InChI=1S/C15H28N2/c1-11-4-3-5-12(8-11)16-13-9-14-6-7-15(10-13)17(14)2/h11-16H,3-10H2,1-2H3. The van der Waals surface area contributed by atoms with E-state index in [9.17, 15) is 0 Å². The van der Waals surface area contributed by atoms with Gasteiger partial charge in [0.15, 0.2) is 0 Å². The molecule has 2 saturated heterocycles. The van der Waals surface area contributed by atoms with Crippen LogP contribution in [0.5, 0.6) is 0 Å². The lowest BCUT2D eigenvalue weighted by Crippen LogP contribution is -2.50. The van der Waals surface area contributed by atoms with Crippen LogP contribution < -0.4 is 5.32 Å². The third-order valence-corrected chi connectivity index (χ3v) is 5.51. The van der Waals surface area contributed by atoms with Crippen molar-refractivity contribution in [2.75, 3.05) is 7.05 Å². The molecule has 3 aliphatic rings. The van der Waals surface area contributed by atoms with Gasteiger partial charge in [-0.1, -0.05) is 19.8 Å². The first-order valence-electron chi connectivity index (χ1n) is 7.70. The maximum atomic E-state index is 3.98. The predicted molar refractivity (Wildman–Crippen MR) is 72.2 cm³/mol. The minimum atomic E-state index is 0.819. The molecule has 0 aromatic heterocycles. The first-order chi connectivity index (χ1) is 8.22. The molecule has 2 heteroatoms. The molecule has 2 bridgehead atoms. The van der Waals surface area contributed by atoms with E-state index in [1.54, 1.807) is 0 Å². The maximum Gasteiger partial charge on any atom is 0.0111 e. The number of hydrogen-bond acceptors (Lipinski definition) is 2. The molecule has 4 atom stereocenters. The molecule has 17 heavy (non-hydrogen) atoms. The monoisotopic (exact) mass is 236 g/mol. The predicted octanol–water partition coefficient (Wildman–Crippen LogP) is 2.78. The van der Waals surface area contributed by atoms with E-state index in [2.05, 4.69) is 24.2 Å². The summed E-state index contributed by atoms with van der Waals surface area (Å²) in [4.78, 5) is 2.64. The molecule has 2 aliphatic heterocycles. The van der Waals surface area contributed by atoms with Crippen molar-refractivity contribution in [3.8, 4) is 0 Å². The molecule has 1 N–H and O–H groups in total. The normalized spacial score (nSPS) is 47.3. The van der Waals surface area contributed by atoms with Gasteiger partial charge in [0.05, 0.1) is 0 Å². The van der Waals surface area contributed by atoms with Gasteiger partial charge in [-0.25, -0.2) is 0 Å². The lowest BCUT2D eigenvalue weighted by Gasteiger charge is -2.39. The first-order valence-corrected chi connectivity index (χ1v) is 7.70. The zero-order valence-corrected chi connectivity index (χ0v) is 11.5. The van der Waals surface area contributed by atoms with Crippen LogP contribution in [0.3, 0.4) is 0 Å². The number of piperidine rings is 1. The van der Waals surface area contributed by atoms with Crippen LogP contribution in [0.1, 0.15) is 58.3 Å². The Balaban J connectivity index is 1.53. The second-order valence-electron chi connectivity index (χ2n) is 6.85. The van der Waals surface area contributed by atoms with E-state index in [4.69, 9.17) is 0 Å². The molecule has 2 nitrogen and oxygen atoms in total. The molecular weight excluding hydrogens is 208 g/mol. The van der Waals surface area contributed by atoms with Crippen LogP contribution in [0, 0.1) is 5.92 Å². The molecular formula is C15H28N2. The van der Waals surface area contributed by atoms with Crippen LogP contribution in [0.25, 0.3) is 0 Å². The Hall–Kier alpha value is -0.0800. The highest BCUT2D eigenvalue weighted by molar-refractivity contribution is 4.97. The van der Waals surface area contributed by atoms with Crippen LogP contribution in [-0.4, -0.2) is 36.1 Å². The molecule has 3 fully saturated rings. The minimum absolute atomic E-state index is 0.819. The summed E-state index contributed by atoms with van der Waals surface area (Å²) in [6.07, 6.45) is 11.4. The van der Waals surface area contributed by atoms with Gasteiger partial charge >= 0.3 is 0 Å². The SMILES string of the molecule is CC1CCCC(NC2CC3CCC(C2)N3C)C1. The molecule has 0 spiro atoms. The highest BCUT2D eigenvalue weighted by Gasteiger charge is 2.38. The van der Waals surface area contributed by atoms with Crippen molar-refractivity contribution in [2.24, 2.45) is 5.92 Å². The topological polar surface area (TPSA) is 15.3 Å². The zero-order valence-electron chi connectivity index (χ0n) is 11.5. The summed E-state index contributed by atoms with van der Waals surface area (Å²) >= 11 is 0. The largest absolute Gasteiger partial charge is 0.311 e. The van der Waals surface area contributed by atoms with Crippen molar-refractivity contribution < 1.29 is 0 Å². The average Bonchev–Trinajstić information content (AvgIpc) is 2.52. The van der Waals surface area contributed by atoms with Crippen LogP contribution >= 0.6 is 0 Å². The van der Waals surface area contributed by atoms with Crippen molar-refractivity contribution in [3.63, 3.8) is 0 Å². The number of rotatable bonds is 2. The van der Waals surface area contributed by atoms with E-state index in [-0.39, 0.29) is 0 Å². The van der Waals surface area contributed by atoms with Gasteiger partial charge in [0.1, 0.15) is 0 Å². The Morgan fingerprint density at radius 2 is 1.59 bits per heavy atom. The summed E-state index contributed by atoms with van der Waals surface area (Å²) in [5.41, 5.74) is 0. The van der Waals surface area contributed by atoms with E-state index in [0.29, 0.717) is 0 Å². The summed E-state index contributed by atoms with van der Waals surface area (Å²) in [6.45, 7) is 2.42. The van der Waals surface area contributed by atoms with Gasteiger partial charge < -0.3 is 10.2 Å². The molecule has 0 aromatic rings. The quantitative estimate of drug-likeness (QED) is 0.793. The van der Waals surface area contributed by atoms with Crippen LogP contribution in [0.15, 0.2) is 0 Å². The van der Waals surface area contributed by atoms with Crippen molar-refractivity contribution in [3.05, 3.63) is 0 Å². The third kappa shape index (κ3) is 2.53. The van der Waals surface area contributed by atoms with Gasteiger partial charge in [0, 0.05) is 24.2 Å². The molecule has 98 valence electrons. The Morgan fingerprint density at radius 3 is 2.24 bits per heavy atom. The molecule has 4 unspecified atom stereocenters. The fraction of sp³-hybridized carbons (Fsp3) is 1.00. The summed E-state index contributed by atoms with van der Waals surface area (Å²) in [5.74, 6) is 0.948. The Kier molecular flexibility index (Phi) is 3.45. The summed E-state index contributed by atoms with van der Waals surface area (Å²) in [6, 6.07) is 3.41. The maximum absolute atomic E-state index is 3.98. The Bertz CT molecular complexity index is 252. The van der Waals surface area contributed by atoms with Crippen LogP contribution in [0.2, 0.25) is 0 Å². The van der Waals surface area contributed by atoms with E-state index in [1.165, 1.54) is 51.4 Å². The van der Waals surface area contributed by atoms with Crippen LogP contribution in [-0.2, 0) is 0 Å². The van der Waals surface area contributed by atoms with E-state index < -0.39 is 0 Å². The van der Waals surface area contributed by atoms with E-state index in [0.717, 1.165) is 30.1 Å². The number of nitrogens with one attached hydrogen (secondary N) is 1. The number of fused-ring (bicyclic) bond motifs is 2. The molecule has 0 radical (unpaired) electrons. The van der Waals surface area contributed by atoms with Gasteiger partial charge in [-0.3, -0.25) is 0 Å². The Labute approximate surface area is 106 Å². The van der Waals surface area contributed by atoms with Crippen molar-refractivity contribution in [2.45, 2.75) is 82.5 Å². The van der Waals surface area contributed by atoms with Gasteiger partial charge in [0.2, 0.25) is 0 Å². The smallest absolute Gasteiger partial charge is 0.0111 e. The molecule has 1 aliphatic carbocycles. The summed E-state index contributed by atoms with van der Waals surface area (Å²) in [7, 11) is 2.33. The third-order valence-electron chi connectivity index (χ3n) is 5.51. The summed E-state index contributed by atoms with van der Waals surface area (Å²) < 4.78 is 0. The van der Waals surface area contributed by atoms with Crippen molar-refractivity contribution in [1.29, 1.82) is 0 Å². The minimum Gasteiger partial charge on any atom is -0.311 e. The van der Waals surface area contributed by atoms with E-state index in [1.807, 2.05) is 0 Å². The van der Waals surface area contributed by atoms with Crippen molar-refractivity contribution >= 4 is 0 Å². The van der Waals surface area contributed by atoms with Gasteiger partial charge in [-0.15, -0.1) is 0 Å². The lowest BCUT2D eigenvalue weighted by molar-refractivity contribution is 0.135. The molecule has 1 saturated carbocycles. The van der Waals surface area contributed by atoms with Gasteiger partial charge in [-0.2, -0.15) is 0 Å². The fourth-order valence-corrected chi connectivity index (χ4v) is 4.47. The van der Waals surface area contributed by atoms with Crippen LogP contribution in [0.4, 0.5) is 0 Å². The molecule has 3 rings (SSSR count). The lowest BCUT2D eigenvalue weighted by atomic mass is 9.86. The number of nitrogens with zero attached hydrogens (tertiary/aromatic N) is 1. The van der Waals surface area contributed by atoms with Crippen molar-refractivity contribution in [1.82, 2.24) is 10.2 Å². The second-order valence-corrected chi connectivity index (χ2v) is 6.85. The molecule has 2 heterocycles.